The number of rotatable bonds is 5. The van der Waals surface area contributed by atoms with Crippen LogP contribution in [0, 0.1) is 6.92 Å². The van der Waals surface area contributed by atoms with E-state index in [1.54, 1.807) is 6.20 Å². The summed E-state index contributed by atoms with van der Waals surface area (Å²) in [5.74, 6) is 0.817. The van der Waals surface area contributed by atoms with Crippen LogP contribution in [0.4, 0.5) is 4.39 Å². The third-order valence-electron chi connectivity index (χ3n) is 5.07. The molecule has 1 fully saturated rings. The average Bonchev–Trinajstić information content (AvgIpc) is 3.15. The van der Waals surface area contributed by atoms with Crippen molar-refractivity contribution in [1.82, 2.24) is 19.4 Å². The molecule has 1 saturated heterocycles. The minimum absolute atomic E-state index is 0.312. The van der Waals surface area contributed by atoms with Crippen LogP contribution in [0.25, 0.3) is 11.0 Å². The van der Waals surface area contributed by atoms with Gasteiger partial charge in [-0.2, -0.15) is 0 Å². The van der Waals surface area contributed by atoms with Crippen LogP contribution < -0.4 is 0 Å². The van der Waals surface area contributed by atoms with Crippen LogP contribution in [-0.2, 0) is 24.9 Å². The molecule has 1 aliphatic rings. The number of para-hydroxylation sites is 2. The predicted molar refractivity (Wildman–Crippen MR) is 98.4 cm³/mol. The highest BCUT2D eigenvalue weighted by molar-refractivity contribution is 5.75. The highest BCUT2D eigenvalue weighted by Gasteiger charge is 2.34. The Morgan fingerprint density at radius 3 is 2.85 bits per heavy atom. The number of hydrogen-bond donors (Lipinski definition) is 0. The molecule has 6 heteroatoms. The van der Waals surface area contributed by atoms with E-state index in [-0.39, 0.29) is 0 Å². The number of imidazole rings is 1. The number of halogens is 1. The van der Waals surface area contributed by atoms with Gasteiger partial charge in [-0.15, -0.1) is 0 Å². The van der Waals surface area contributed by atoms with Crippen molar-refractivity contribution in [1.29, 1.82) is 0 Å². The number of fused-ring (bicyclic) bond motifs is 1. The van der Waals surface area contributed by atoms with Crippen molar-refractivity contribution in [3.05, 3.63) is 59.7 Å². The number of hydrogen-bond acceptors (Lipinski definition) is 4. The lowest BCUT2D eigenvalue weighted by molar-refractivity contribution is 0.00747. The fraction of sp³-hybridized carbons (Fsp3) is 0.400. The Bertz CT molecular complexity index is 910. The van der Waals surface area contributed by atoms with Gasteiger partial charge in [0.25, 0.3) is 0 Å². The molecule has 3 aromatic rings. The van der Waals surface area contributed by atoms with Crippen LogP contribution in [0.5, 0.6) is 0 Å². The molecule has 3 heterocycles. The Morgan fingerprint density at radius 2 is 2.04 bits per heavy atom. The number of nitrogens with zero attached hydrogens (tertiary/aromatic N) is 4. The molecule has 136 valence electrons. The monoisotopic (exact) mass is 354 g/mol. The van der Waals surface area contributed by atoms with Crippen LogP contribution in [0.2, 0.25) is 0 Å². The number of pyridine rings is 1. The van der Waals surface area contributed by atoms with Crippen molar-refractivity contribution in [2.45, 2.75) is 32.4 Å². The average molecular weight is 354 g/mol. The van der Waals surface area contributed by atoms with Gasteiger partial charge in [0.15, 0.2) is 0 Å². The van der Waals surface area contributed by atoms with Gasteiger partial charge < -0.3 is 9.30 Å². The van der Waals surface area contributed by atoms with E-state index in [1.165, 1.54) is 0 Å². The third-order valence-corrected chi connectivity index (χ3v) is 5.07. The summed E-state index contributed by atoms with van der Waals surface area (Å²) < 4.78 is 22.3. The summed E-state index contributed by atoms with van der Waals surface area (Å²) in [7, 11) is 1.96. The summed E-state index contributed by atoms with van der Waals surface area (Å²) in [6.45, 7) is 3.95. The van der Waals surface area contributed by atoms with Gasteiger partial charge in [-0.25, -0.2) is 9.37 Å². The van der Waals surface area contributed by atoms with Gasteiger partial charge in [-0.3, -0.25) is 9.88 Å². The van der Waals surface area contributed by atoms with Crippen molar-refractivity contribution in [3.63, 3.8) is 0 Å². The Kier molecular flexibility index (Phi) is 4.70. The van der Waals surface area contributed by atoms with E-state index < -0.39 is 12.3 Å². The number of benzene rings is 1. The second-order valence-electron chi connectivity index (χ2n) is 6.90. The Labute approximate surface area is 152 Å². The van der Waals surface area contributed by atoms with E-state index >= 15 is 0 Å². The van der Waals surface area contributed by atoms with E-state index in [9.17, 15) is 4.39 Å². The first-order valence-corrected chi connectivity index (χ1v) is 8.90. The first-order chi connectivity index (χ1) is 12.6. The molecule has 2 aromatic heterocycles. The molecule has 5 nitrogen and oxygen atoms in total. The van der Waals surface area contributed by atoms with Gasteiger partial charge in [-0.1, -0.05) is 18.2 Å². The lowest BCUT2D eigenvalue weighted by Crippen LogP contribution is -2.25. The Balaban J connectivity index is 1.39. The summed E-state index contributed by atoms with van der Waals surface area (Å²) in [5.41, 5.74) is 4.12. The first kappa shape index (κ1) is 17.1. The maximum Gasteiger partial charge on any atom is 0.140 e. The lowest BCUT2D eigenvalue weighted by atomic mass is 10.2. The molecule has 0 saturated carbocycles. The standard InChI is InChI=1S/C20H23FN4O/c1-14-6-5-9-22-17(14)11-25-10-15(21)19(12-25)26-13-20-23-16-7-3-4-8-18(16)24(20)2/h3-9,15,19H,10-13H2,1-2H3. The molecule has 0 radical (unpaired) electrons. The van der Waals surface area contributed by atoms with E-state index in [0.717, 1.165) is 28.1 Å². The fourth-order valence-corrected chi connectivity index (χ4v) is 3.50. The highest BCUT2D eigenvalue weighted by Crippen LogP contribution is 2.22. The summed E-state index contributed by atoms with van der Waals surface area (Å²) in [4.78, 5) is 11.1. The van der Waals surface area contributed by atoms with Crippen molar-refractivity contribution in [2.75, 3.05) is 13.1 Å². The normalized spacial score (nSPS) is 20.9. The Morgan fingerprint density at radius 1 is 1.19 bits per heavy atom. The number of likely N-dealkylation sites (tertiary alicyclic amines) is 1. The smallest absolute Gasteiger partial charge is 0.140 e. The summed E-state index contributed by atoms with van der Waals surface area (Å²) in [5, 5.41) is 0. The highest BCUT2D eigenvalue weighted by atomic mass is 19.1. The maximum atomic E-state index is 14.4. The van der Waals surface area contributed by atoms with Crippen LogP contribution in [0.15, 0.2) is 42.6 Å². The molecule has 0 bridgehead atoms. The molecule has 0 aliphatic carbocycles. The zero-order chi connectivity index (χ0) is 18.1. The lowest BCUT2D eigenvalue weighted by Gasteiger charge is -2.16. The molecule has 4 rings (SSSR count). The number of ether oxygens (including phenoxy) is 1. The Hall–Kier alpha value is -2.31. The van der Waals surface area contributed by atoms with Crippen molar-refractivity contribution in [2.24, 2.45) is 7.05 Å². The number of aryl methyl sites for hydroxylation is 2. The molecule has 2 unspecified atom stereocenters. The first-order valence-electron chi connectivity index (χ1n) is 8.90. The molecule has 1 aromatic carbocycles. The minimum atomic E-state index is -0.992. The molecule has 2 atom stereocenters. The van der Waals surface area contributed by atoms with Gasteiger partial charge >= 0.3 is 0 Å². The second-order valence-corrected chi connectivity index (χ2v) is 6.90. The second kappa shape index (κ2) is 7.13. The molecule has 0 amide bonds. The van der Waals surface area contributed by atoms with Gasteiger partial charge in [0.2, 0.25) is 0 Å². The zero-order valence-corrected chi connectivity index (χ0v) is 15.1. The van der Waals surface area contributed by atoms with Crippen LogP contribution in [-0.4, -0.2) is 44.8 Å². The number of alkyl halides is 1. The molecule has 0 N–H and O–H groups in total. The van der Waals surface area contributed by atoms with E-state index in [4.69, 9.17) is 4.74 Å². The van der Waals surface area contributed by atoms with Crippen LogP contribution >= 0.6 is 0 Å². The van der Waals surface area contributed by atoms with E-state index in [2.05, 4.69) is 14.9 Å². The van der Waals surface area contributed by atoms with Gasteiger partial charge in [0, 0.05) is 32.9 Å². The largest absolute Gasteiger partial charge is 0.366 e. The van der Waals surface area contributed by atoms with Crippen LogP contribution in [0.3, 0.4) is 0 Å². The summed E-state index contributed by atoms with van der Waals surface area (Å²) in [6.07, 6.45) is 0.359. The SMILES string of the molecule is Cc1cccnc1CN1CC(F)C(OCc2nc3ccccc3n2C)C1. The predicted octanol–water partition coefficient (Wildman–Crippen LogP) is 3.02. The molecule has 1 aliphatic heterocycles. The molecular weight excluding hydrogens is 331 g/mol. The van der Waals surface area contributed by atoms with E-state index in [0.29, 0.717) is 26.2 Å². The van der Waals surface area contributed by atoms with Crippen molar-refractivity contribution < 1.29 is 9.13 Å². The summed E-state index contributed by atoms with van der Waals surface area (Å²) >= 11 is 0. The van der Waals surface area contributed by atoms with Gasteiger partial charge in [0.1, 0.15) is 24.7 Å². The molecular formula is C20H23FN4O. The van der Waals surface area contributed by atoms with Crippen molar-refractivity contribution in [3.8, 4) is 0 Å². The van der Waals surface area contributed by atoms with Gasteiger partial charge in [0.05, 0.1) is 16.7 Å². The third kappa shape index (κ3) is 3.34. The minimum Gasteiger partial charge on any atom is -0.366 e. The maximum absolute atomic E-state index is 14.4. The number of aromatic nitrogens is 3. The zero-order valence-electron chi connectivity index (χ0n) is 15.1. The summed E-state index contributed by atoms with van der Waals surface area (Å²) in [6, 6.07) is 11.9. The van der Waals surface area contributed by atoms with E-state index in [1.807, 2.05) is 54.9 Å². The van der Waals surface area contributed by atoms with Crippen molar-refractivity contribution >= 4 is 11.0 Å². The van der Waals surface area contributed by atoms with Crippen LogP contribution in [0.1, 0.15) is 17.1 Å². The molecule has 0 spiro atoms. The topological polar surface area (TPSA) is 43.2 Å². The van der Waals surface area contributed by atoms with Gasteiger partial charge in [-0.05, 0) is 30.7 Å². The fourth-order valence-electron chi connectivity index (χ4n) is 3.50. The molecule has 26 heavy (non-hydrogen) atoms. The quantitative estimate of drug-likeness (QED) is 0.706.